The van der Waals surface area contributed by atoms with Crippen LogP contribution < -0.4 is 11.1 Å². The van der Waals surface area contributed by atoms with Gasteiger partial charge in [-0.2, -0.15) is 13.2 Å². The third kappa shape index (κ3) is 5.11. The first-order valence-corrected chi connectivity index (χ1v) is 9.64. The highest BCUT2D eigenvalue weighted by molar-refractivity contribution is 5.93. The average molecular weight is 449 g/mol. The van der Waals surface area contributed by atoms with Crippen LogP contribution in [0.5, 0.6) is 0 Å². The van der Waals surface area contributed by atoms with E-state index in [0.717, 1.165) is 0 Å². The zero-order valence-corrected chi connectivity index (χ0v) is 17.2. The van der Waals surface area contributed by atoms with Gasteiger partial charge in [-0.25, -0.2) is 13.8 Å². The number of hydrogen-bond acceptors (Lipinski definition) is 3. The van der Waals surface area contributed by atoms with Crippen molar-refractivity contribution in [3.05, 3.63) is 88.1 Å². The highest BCUT2D eigenvalue weighted by Gasteiger charge is 2.34. The predicted molar refractivity (Wildman–Crippen MR) is 110 cm³/mol. The fourth-order valence-corrected chi connectivity index (χ4v) is 3.26. The smallest absolute Gasteiger partial charge is 0.344 e. The van der Waals surface area contributed by atoms with Gasteiger partial charge in [-0.05, 0) is 73.0 Å². The molecule has 3 N–H and O–H groups in total. The normalized spacial score (nSPS) is 12.5. The molecule has 1 amide bonds. The number of pyridine rings is 1. The minimum absolute atomic E-state index is 0.00307. The lowest BCUT2D eigenvalue weighted by molar-refractivity contribution is -0.140. The number of carbonyl (C=O) groups excluding carboxylic acids is 1. The molecule has 168 valence electrons. The molecule has 1 unspecified atom stereocenters. The maximum atomic E-state index is 13.6. The van der Waals surface area contributed by atoms with Crippen LogP contribution in [-0.2, 0) is 12.7 Å². The standard InChI is InChI=1S/C23H20F5N3O/c1-12-7-16(24)4-5-17(12)20-8-14(11-29)9-21(31-20)22(32)30-13(2)15-3-6-19(25)18(10-15)23(26,27)28/h3-10,13H,11,29H2,1-2H3,(H,30,32). The van der Waals surface area contributed by atoms with E-state index in [1.54, 1.807) is 13.0 Å². The van der Waals surface area contributed by atoms with Gasteiger partial charge in [0.25, 0.3) is 5.91 Å². The fraction of sp³-hybridized carbons (Fsp3) is 0.217. The first-order valence-electron chi connectivity index (χ1n) is 9.64. The number of rotatable bonds is 5. The number of benzene rings is 2. The summed E-state index contributed by atoms with van der Waals surface area (Å²) < 4.78 is 66.0. The summed E-state index contributed by atoms with van der Waals surface area (Å²) in [4.78, 5) is 17.1. The summed E-state index contributed by atoms with van der Waals surface area (Å²) in [6.45, 7) is 3.28. The number of carbonyl (C=O) groups is 1. The fourth-order valence-electron chi connectivity index (χ4n) is 3.26. The van der Waals surface area contributed by atoms with E-state index < -0.39 is 35.3 Å². The Hall–Kier alpha value is -3.33. The van der Waals surface area contributed by atoms with Gasteiger partial charge >= 0.3 is 6.18 Å². The van der Waals surface area contributed by atoms with Crippen molar-refractivity contribution in [3.63, 3.8) is 0 Å². The number of amides is 1. The van der Waals surface area contributed by atoms with Crippen LogP contribution in [-0.4, -0.2) is 10.9 Å². The Bertz CT molecular complexity index is 1160. The zero-order chi connectivity index (χ0) is 23.6. The molecule has 0 spiro atoms. The lowest BCUT2D eigenvalue weighted by atomic mass is 10.0. The van der Waals surface area contributed by atoms with Crippen LogP contribution in [0, 0.1) is 18.6 Å². The van der Waals surface area contributed by atoms with Crippen molar-refractivity contribution in [2.24, 2.45) is 5.73 Å². The van der Waals surface area contributed by atoms with Gasteiger partial charge < -0.3 is 11.1 Å². The molecule has 1 atom stereocenters. The molecule has 0 aliphatic rings. The highest BCUT2D eigenvalue weighted by Crippen LogP contribution is 2.33. The minimum Gasteiger partial charge on any atom is -0.344 e. The van der Waals surface area contributed by atoms with Crippen LogP contribution in [0.25, 0.3) is 11.3 Å². The summed E-state index contributed by atoms with van der Waals surface area (Å²) in [5.74, 6) is -2.45. The van der Waals surface area contributed by atoms with E-state index in [0.29, 0.717) is 34.5 Å². The maximum absolute atomic E-state index is 13.6. The van der Waals surface area contributed by atoms with Crippen molar-refractivity contribution in [1.29, 1.82) is 0 Å². The third-order valence-electron chi connectivity index (χ3n) is 4.96. The van der Waals surface area contributed by atoms with Crippen LogP contribution in [0.4, 0.5) is 22.0 Å². The Balaban J connectivity index is 1.91. The van der Waals surface area contributed by atoms with Gasteiger partial charge in [0.15, 0.2) is 0 Å². The number of nitrogens with zero attached hydrogens (tertiary/aromatic N) is 1. The summed E-state index contributed by atoms with van der Waals surface area (Å²) in [5.41, 5.74) is 6.62. The SMILES string of the molecule is Cc1cc(F)ccc1-c1cc(CN)cc(C(=O)NC(C)c2ccc(F)c(C(F)(F)F)c2)n1. The second-order valence-corrected chi connectivity index (χ2v) is 7.34. The molecule has 0 aliphatic heterocycles. The number of alkyl halides is 3. The minimum atomic E-state index is -4.86. The number of aryl methyl sites for hydroxylation is 1. The monoisotopic (exact) mass is 449 g/mol. The van der Waals surface area contributed by atoms with E-state index in [1.807, 2.05) is 0 Å². The molecule has 32 heavy (non-hydrogen) atoms. The molecule has 0 fully saturated rings. The highest BCUT2D eigenvalue weighted by atomic mass is 19.4. The number of nitrogens with two attached hydrogens (primary N) is 1. The molecule has 3 aromatic rings. The predicted octanol–water partition coefficient (Wildman–Crippen LogP) is 5.30. The molecule has 0 saturated heterocycles. The molecular weight excluding hydrogens is 429 g/mol. The summed E-state index contributed by atoms with van der Waals surface area (Å²) >= 11 is 0. The van der Waals surface area contributed by atoms with Crippen LogP contribution >= 0.6 is 0 Å². The Kier molecular flexibility index (Phi) is 6.59. The van der Waals surface area contributed by atoms with Gasteiger partial charge in [0.1, 0.15) is 17.3 Å². The van der Waals surface area contributed by atoms with Gasteiger partial charge in [0.05, 0.1) is 17.3 Å². The lowest BCUT2D eigenvalue weighted by Crippen LogP contribution is -2.28. The molecule has 0 radical (unpaired) electrons. The molecule has 9 heteroatoms. The van der Waals surface area contributed by atoms with Crippen molar-refractivity contribution in [1.82, 2.24) is 10.3 Å². The van der Waals surface area contributed by atoms with Crippen LogP contribution in [0.2, 0.25) is 0 Å². The molecular formula is C23H20F5N3O. The first kappa shape index (κ1) is 23.3. The molecule has 1 aromatic heterocycles. The quantitative estimate of drug-likeness (QED) is 0.519. The summed E-state index contributed by atoms with van der Waals surface area (Å²) in [6, 6.07) is 8.98. The van der Waals surface area contributed by atoms with Crippen LogP contribution in [0.1, 0.15) is 45.7 Å². The van der Waals surface area contributed by atoms with Gasteiger partial charge in [-0.3, -0.25) is 4.79 Å². The Morgan fingerprint density at radius 2 is 1.81 bits per heavy atom. The summed E-state index contributed by atoms with van der Waals surface area (Å²) in [6.07, 6.45) is -4.86. The Morgan fingerprint density at radius 1 is 1.09 bits per heavy atom. The summed E-state index contributed by atoms with van der Waals surface area (Å²) in [5, 5.41) is 2.57. The molecule has 3 rings (SSSR count). The van der Waals surface area contributed by atoms with Gasteiger partial charge in [-0.1, -0.05) is 6.07 Å². The van der Waals surface area contributed by atoms with E-state index >= 15 is 0 Å². The molecule has 0 aliphatic carbocycles. The maximum Gasteiger partial charge on any atom is 0.419 e. The second kappa shape index (κ2) is 9.04. The van der Waals surface area contributed by atoms with Crippen molar-refractivity contribution in [2.45, 2.75) is 32.6 Å². The van der Waals surface area contributed by atoms with E-state index in [1.165, 1.54) is 37.3 Å². The number of halogens is 5. The van der Waals surface area contributed by atoms with E-state index in [2.05, 4.69) is 10.3 Å². The van der Waals surface area contributed by atoms with E-state index in [-0.39, 0.29) is 17.8 Å². The van der Waals surface area contributed by atoms with Crippen molar-refractivity contribution < 1.29 is 26.7 Å². The van der Waals surface area contributed by atoms with Crippen molar-refractivity contribution >= 4 is 5.91 Å². The Morgan fingerprint density at radius 3 is 2.44 bits per heavy atom. The zero-order valence-electron chi connectivity index (χ0n) is 17.2. The number of aromatic nitrogens is 1. The molecule has 2 aromatic carbocycles. The molecule has 4 nitrogen and oxygen atoms in total. The third-order valence-corrected chi connectivity index (χ3v) is 4.96. The number of hydrogen-bond donors (Lipinski definition) is 2. The van der Waals surface area contributed by atoms with Crippen LogP contribution in [0.3, 0.4) is 0 Å². The largest absolute Gasteiger partial charge is 0.419 e. The first-order chi connectivity index (χ1) is 15.0. The topological polar surface area (TPSA) is 68.0 Å². The van der Waals surface area contributed by atoms with Gasteiger partial charge in [-0.15, -0.1) is 0 Å². The average Bonchev–Trinajstić information content (AvgIpc) is 2.72. The lowest BCUT2D eigenvalue weighted by Gasteiger charge is -2.17. The second-order valence-electron chi connectivity index (χ2n) is 7.34. The molecule has 1 heterocycles. The van der Waals surface area contributed by atoms with Gasteiger partial charge in [0.2, 0.25) is 0 Å². The van der Waals surface area contributed by atoms with Crippen molar-refractivity contribution in [3.8, 4) is 11.3 Å². The van der Waals surface area contributed by atoms with Crippen molar-refractivity contribution in [2.75, 3.05) is 0 Å². The Labute approximate surface area is 181 Å². The number of nitrogens with one attached hydrogen (secondary N) is 1. The molecule has 0 saturated carbocycles. The van der Waals surface area contributed by atoms with Gasteiger partial charge in [0, 0.05) is 12.1 Å². The van der Waals surface area contributed by atoms with E-state index in [4.69, 9.17) is 5.73 Å². The van der Waals surface area contributed by atoms with Crippen LogP contribution in [0.15, 0.2) is 48.5 Å². The van der Waals surface area contributed by atoms with E-state index in [9.17, 15) is 26.7 Å². The summed E-state index contributed by atoms with van der Waals surface area (Å²) in [7, 11) is 0. The molecule has 0 bridgehead atoms.